The van der Waals surface area contributed by atoms with Gasteiger partial charge in [-0.15, -0.1) is 0 Å². The summed E-state index contributed by atoms with van der Waals surface area (Å²) in [4.78, 5) is 14.6. The lowest BCUT2D eigenvalue weighted by atomic mass is 9.99. The smallest absolute Gasteiger partial charge is 0.287 e. The molecule has 0 N–H and O–H groups in total. The Kier molecular flexibility index (Phi) is 4.47. The monoisotopic (exact) mass is 369 g/mol. The highest BCUT2D eigenvalue weighted by Gasteiger charge is 2.21. The summed E-state index contributed by atoms with van der Waals surface area (Å²) in [7, 11) is 0. The number of nitrogens with zero attached hydrogens (tertiary/aromatic N) is 3. The Morgan fingerprint density at radius 3 is 2.73 bits per heavy atom. The number of hydrogen-bond acceptors (Lipinski definition) is 3. The van der Waals surface area contributed by atoms with E-state index < -0.39 is 0 Å². The van der Waals surface area contributed by atoms with Crippen molar-refractivity contribution in [3.05, 3.63) is 92.6 Å². The number of rotatable bonds is 3. The molecule has 26 heavy (non-hydrogen) atoms. The third kappa shape index (κ3) is 3.22. The summed E-state index contributed by atoms with van der Waals surface area (Å²) in [6.07, 6.45) is 2.34. The fraction of sp³-hybridized carbons (Fsp3) is 0.200. The maximum absolute atomic E-state index is 13.4. The van der Waals surface area contributed by atoms with Gasteiger partial charge in [-0.3, -0.25) is 4.79 Å². The molecular weight excluding hydrogens is 353 g/mol. The predicted molar refractivity (Wildman–Crippen MR) is 100 cm³/mol. The van der Waals surface area contributed by atoms with Crippen molar-refractivity contribution >= 4 is 17.3 Å². The second-order valence-electron chi connectivity index (χ2n) is 6.38. The molecule has 0 atom stereocenters. The zero-order valence-corrected chi connectivity index (χ0v) is 14.8. The highest BCUT2D eigenvalue weighted by molar-refractivity contribution is 6.33. The maximum atomic E-state index is 13.4. The Balaban J connectivity index is 1.61. The Bertz CT molecular complexity index is 1000. The number of aromatic nitrogens is 2. The summed E-state index contributed by atoms with van der Waals surface area (Å²) in [6, 6.07) is 14.5. The van der Waals surface area contributed by atoms with Crippen LogP contribution in [0.3, 0.4) is 0 Å². The quantitative estimate of drug-likeness (QED) is 0.707. The molecule has 4 nitrogen and oxygen atoms in total. The van der Waals surface area contributed by atoms with Crippen molar-refractivity contribution in [3.63, 3.8) is 0 Å². The first-order valence-electron chi connectivity index (χ1n) is 8.43. The first-order chi connectivity index (χ1) is 12.6. The van der Waals surface area contributed by atoms with E-state index in [1.807, 2.05) is 35.2 Å². The first-order valence-corrected chi connectivity index (χ1v) is 8.81. The average molecular weight is 370 g/mol. The first kappa shape index (κ1) is 16.8. The lowest BCUT2D eigenvalue weighted by molar-refractivity contribution is 0.616. The number of halogens is 2. The van der Waals surface area contributed by atoms with Gasteiger partial charge in [0.2, 0.25) is 0 Å². The van der Waals surface area contributed by atoms with Gasteiger partial charge in [-0.25, -0.2) is 9.07 Å². The summed E-state index contributed by atoms with van der Waals surface area (Å²) in [5, 5.41) is 4.47. The van der Waals surface area contributed by atoms with Crippen LogP contribution in [0.4, 0.5) is 10.1 Å². The van der Waals surface area contributed by atoms with Crippen LogP contribution in [0.5, 0.6) is 0 Å². The van der Waals surface area contributed by atoms with Crippen LogP contribution in [0.15, 0.2) is 59.5 Å². The van der Waals surface area contributed by atoms with E-state index in [-0.39, 0.29) is 16.4 Å². The van der Waals surface area contributed by atoms with Gasteiger partial charge >= 0.3 is 0 Å². The molecule has 0 amide bonds. The summed E-state index contributed by atoms with van der Waals surface area (Å²) in [5.41, 5.74) is 3.35. The minimum Gasteiger partial charge on any atom is -0.364 e. The average Bonchev–Trinajstić information content (AvgIpc) is 2.66. The van der Waals surface area contributed by atoms with Crippen LogP contribution in [0.1, 0.15) is 16.7 Å². The number of anilines is 1. The fourth-order valence-electron chi connectivity index (χ4n) is 3.27. The van der Waals surface area contributed by atoms with E-state index in [1.54, 1.807) is 18.3 Å². The molecule has 0 saturated carbocycles. The molecule has 0 saturated heterocycles. The normalized spacial score (nSPS) is 13.5. The molecule has 2 heterocycles. The number of benzene rings is 2. The van der Waals surface area contributed by atoms with Crippen molar-refractivity contribution in [2.45, 2.75) is 19.5 Å². The molecule has 0 fully saturated rings. The van der Waals surface area contributed by atoms with Crippen molar-refractivity contribution in [1.29, 1.82) is 0 Å². The zero-order valence-electron chi connectivity index (χ0n) is 14.0. The van der Waals surface area contributed by atoms with Crippen LogP contribution in [0, 0.1) is 5.82 Å². The van der Waals surface area contributed by atoms with Crippen LogP contribution < -0.4 is 10.5 Å². The van der Waals surface area contributed by atoms with Crippen LogP contribution >= 0.6 is 11.6 Å². The van der Waals surface area contributed by atoms with Gasteiger partial charge in [-0.1, -0.05) is 48.0 Å². The van der Waals surface area contributed by atoms with E-state index in [1.165, 1.54) is 10.7 Å². The van der Waals surface area contributed by atoms with Crippen molar-refractivity contribution in [2.75, 3.05) is 11.4 Å². The van der Waals surface area contributed by atoms with Crippen LogP contribution in [0.2, 0.25) is 5.02 Å². The summed E-state index contributed by atoms with van der Waals surface area (Å²) >= 11 is 6.38. The van der Waals surface area contributed by atoms with Crippen molar-refractivity contribution in [1.82, 2.24) is 9.78 Å². The molecule has 6 heteroatoms. The molecule has 0 spiro atoms. The van der Waals surface area contributed by atoms with Crippen molar-refractivity contribution in [2.24, 2.45) is 0 Å². The van der Waals surface area contributed by atoms with Gasteiger partial charge in [-0.05, 0) is 35.2 Å². The van der Waals surface area contributed by atoms with E-state index >= 15 is 0 Å². The van der Waals surface area contributed by atoms with E-state index in [4.69, 9.17) is 11.6 Å². The molecule has 0 radical (unpaired) electrons. The second-order valence-corrected chi connectivity index (χ2v) is 6.75. The van der Waals surface area contributed by atoms with Gasteiger partial charge in [0.05, 0.1) is 18.4 Å². The SMILES string of the molecule is O=c1c(Cl)c(N2CCc3cc(F)ccc3C2)cnn1Cc1ccccc1. The lowest BCUT2D eigenvalue weighted by Gasteiger charge is -2.31. The Hall–Kier alpha value is -2.66. The zero-order chi connectivity index (χ0) is 18.1. The third-order valence-electron chi connectivity index (χ3n) is 4.66. The van der Waals surface area contributed by atoms with Gasteiger partial charge in [0.1, 0.15) is 10.8 Å². The van der Waals surface area contributed by atoms with Crippen LogP contribution in [-0.4, -0.2) is 16.3 Å². The van der Waals surface area contributed by atoms with Gasteiger partial charge in [0.15, 0.2) is 0 Å². The number of hydrogen-bond donors (Lipinski definition) is 0. The Morgan fingerprint density at radius 1 is 1.12 bits per heavy atom. The highest BCUT2D eigenvalue weighted by Crippen LogP contribution is 2.28. The maximum Gasteiger partial charge on any atom is 0.287 e. The van der Waals surface area contributed by atoms with Gasteiger partial charge in [0, 0.05) is 13.1 Å². The Labute approximate surface area is 155 Å². The number of fused-ring (bicyclic) bond motifs is 1. The predicted octanol–water partition coefficient (Wildman–Crippen LogP) is 3.65. The third-order valence-corrected chi connectivity index (χ3v) is 5.02. The van der Waals surface area contributed by atoms with E-state index in [2.05, 4.69) is 5.10 Å². The van der Waals surface area contributed by atoms with Crippen LogP contribution in [-0.2, 0) is 19.5 Å². The van der Waals surface area contributed by atoms with Gasteiger partial charge < -0.3 is 4.90 Å². The molecular formula is C20H17ClFN3O. The standard InChI is InChI=1S/C20H17ClFN3O/c21-19-18(24-9-8-15-10-17(22)7-6-16(15)13-24)11-23-25(20(19)26)12-14-4-2-1-3-5-14/h1-7,10-11H,8-9,12-13H2. The van der Waals surface area contributed by atoms with E-state index in [0.717, 1.165) is 16.7 Å². The lowest BCUT2D eigenvalue weighted by Crippen LogP contribution is -2.33. The van der Waals surface area contributed by atoms with Crippen LogP contribution in [0.25, 0.3) is 0 Å². The molecule has 1 aliphatic rings. The molecule has 0 bridgehead atoms. The molecule has 0 unspecified atom stereocenters. The summed E-state index contributed by atoms with van der Waals surface area (Å²) in [6.45, 7) is 1.63. The largest absolute Gasteiger partial charge is 0.364 e. The van der Waals surface area contributed by atoms with Crippen molar-refractivity contribution in [3.8, 4) is 0 Å². The minimum atomic E-state index is -0.307. The van der Waals surface area contributed by atoms with E-state index in [9.17, 15) is 9.18 Å². The molecule has 1 aliphatic heterocycles. The van der Waals surface area contributed by atoms with E-state index in [0.29, 0.717) is 31.7 Å². The molecule has 0 aliphatic carbocycles. The highest BCUT2D eigenvalue weighted by atomic mass is 35.5. The molecule has 4 rings (SSSR count). The van der Waals surface area contributed by atoms with Gasteiger partial charge in [0.25, 0.3) is 5.56 Å². The molecule has 2 aromatic carbocycles. The van der Waals surface area contributed by atoms with Crippen molar-refractivity contribution < 1.29 is 4.39 Å². The van der Waals surface area contributed by atoms with Gasteiger partial charge in [-0.2, -0.15) is 5.10 Å². The molecule has 132 valence electrons. The topological polar surface area (TPSA) is 38.1 Å². The second kappa shape index (κ2) is 6.92. The summed E-state index contributed by atoms with van der Waals surface area (Å²) in [5.74, 6) is -0.222. The summed E-state index contributed by atoms with van der Waals surface area (Å²) < 4.78 is 14.7. The minimum absolute atomic E-state index is 0.168. The molecule has 3 aromatic rings. The fourth-order valence-corrected chi connectivity index (χ4v) is 3.54. The molecule has 1 aromatic heterocycles. The Morgan fingerprint density at radius 2 is 1.92 bits per heavy atom.